The molecule has 4 saturated carbocycles. The highest BCUT2D eigenvalue weighted by Gasteiger charge is 2.50. The van der Waals surface area contributed by atoms with Gasteiger partial charge in [0, 0.05) is 0 Å². The number of hydrogen-bond acceptors (Lipinski definition) is 2. The van der Waals surface area contributed by atoms with E-state index < -0.39 is 5.97 Å². The molecule has 3 nitrogen and oxygen atoms in total. The van der Waals surface area contributed by atoms with Crippen LogP contribution in [0.2, 0.25) is 0 Å². The third kappa shape index (κ3) is 1.58. The van der Waals surface area contributed by atoms with Gasteiger partial charge in [-0.15, -0.1) is 0 Å². The number of carboxylic acids is 1. The lowest BCUT2D eigenvalue weighted by atomic mass is 9.53. The average Bonchev–Trinajstić information content (AvgIpc) is 2.12. The second-order valence-electron chi connectivity index (χ2n) is 5.74. The van der Waals surface area contributed by atoms with Crippen molar-refractivity contribution < 1.29 is 9.90 Å². The van der Waals surface area contributed by atoms with E-state index in [1.807, 2.05) is 0 Å². The molecule has 0 saturated heterocycles. The van der Waals surface area contributed by atoms with E-state index >= 15 is 0 Å². The topological polar surface area (TPSA) is 49.7 Å². The van der Waals surface area contributed by atoms with Crippen LogP contribution in [0, 0.1) is 17.8 Å². The number of rotatable bonds is 2. The summed E-state index contributed by atoms with van der Waals surface area (Å²) >= 11 is 0. The standard InChI is InChI=1S/C12H17NO2/c14-11(15)7-13-12-4-8-1-9(5-12)3-10(2-8)6-12/h7-10H,1-6H2,(H,14,15)/b13-7+. The monoisotopic (exact) mass is 207 g/mol. The van der Waals surface area contributed by atoms with E-state index in [-0.39, 0.29) is 5.54 Å². The van der Waals surface area contributed by atoms with Crippen LogP contribution in [0.15, 0.2) is 4.99 Å². The Morgan fingerprint density at radius 3 is 2.00 bits per heavy atom. The summed E-state index contributed by atoms with van der Waals surface area (Å²) in [6.45, 7) is 0. The molecule has 4 rings (SSSR count). The number of carbonyl (C=O) groups is 1. The van der Waals surface area contributed by atoms with Crippen LogP contribution in [0.1, 0.15) is 38.5 Å². The Hall–Kier alpha value is -0.860. The van der Waals surface area contributed by atoms with Crippen LogP contribution < -0.4 is 0 Å². The van der Waals surface area contributed by atoms with Crippen molar-refractivity contribution in [1.29, 1.82) is 0 Å². The summed E-state index contributed by atoms with van der Waals surface area (Å²) in [6.07, 6.45) is 8.69. The van der Waals surface area contributed by atoms with E-state index in [0.29, 0.717) is 0 Å². The van der Waals surface area contributed by atoms with Gasteiger partial charge in [0.05, 0.1) is 5.54 Å². The first-order chi connectivity index (χ1) is 7.15. The molecule has 4 fully saturated rings. The van der Waals surface area contributed by atoms with E-state index in [2.05, 4.69) is 4.99 Å². The molecule has 0 spiro atoms. The van der Waals surface area contributed by atoms with Gasteiger partial charge in [-0.05, 0) is 56.3 Å². The van der Waals surface area contributed by atoms with Gasteiger partial charge in [-0.25, -0.2) is 4.79 Å². The highest BCUT2D eigenvalue weighted by Crippen LogP contribution is 2.57. The van der Waals surface area contributed by atoms with Gasteiger partial charge in [-0.2, -0.15) is 0 Å². The maximum absolute atomic E-state index is 10.5. The highest BCUT2D eigenvalue weighted by atomic mass is 16.4. The molecule has 0 aromatic carbocycles. The van der Waals surface area contributed by atoms with Gasteiger partial charge in [0.1, 0.15) is 6.21 Å². The molecule has 0 atom stereocenters. The minimum atomic E-state index is -0.897. The minimum absolute atomic E-state index is 0.0210. The fourth-order valence-electron chi connectivity index (χ4n) is 4.42. The summed E-state index contributed by atoms with van der Waals surface area (Å²) in [4.78, 5) is 14.9. The normalized spacial score (nSPS) is 47.6. The molecule has 15 heavy (non-hydrogen) atoms. The zero-order valence-electron chi connectivity index (χ0n) is 8.85. The van der Waals surface area contributed by atoms with Gasteiger partial charge in [0.2, 0.25) is 0 Å². The predicted molar refractivity (Wildman–Crippen MR) is 57.0 cm³/mol. The fourth-order valence-corrected chi connectivity index (χ4v) is 4.42. The molecular weight excluding hydrogens is 190 g/mol. The zero-order valence-corrected chi connectivity index (χ0v) is 8.85. The quantitative estimate of drug-likeness (QED) is 0.705. The maximum atomic E-state index is 10.5. The average molecular weight is 207 g/mol. The van der Waals surface area contributed by atoms with Gasteiger partial charge >= 0.3 is 5.97 Å². The molecule has 0 aromatic heterocycles. The van der Waals surface area contributed by atoms with Crippen LogP contribution in [0.3, 0.4) is 0 Å². The third-order valence-corrected chi connectivity index (χ3v) is 4.45. The highest BCUT2D eigenvalue weighted by molar-refractivity contribution is 6.22. The first kappa shape index (κ1) is 9.37. The van der Waals surface area contributed by atoms with Gasteiger partial charge < -0.3 is 5.11 Å². The van der Waals surface area contributed by atoms with Crippen LogP contribution in [0.4, 0.5) is 0 Å². The SMILES string of the molecule is O=C(O)/C=N/C12CC3CC(CC(C3)C1)C2. The number of hydrogen-bond donors (Lipinski definition) is 1. The van der Waals surface area contributed by atoms with Crippen molar-refractivity contribution in [2.45, 2.75) is 44.1 Å². The molecule has 4 aliphatic carbocycles. The molecule has 0 unspecified atom stereocenters. The molecule has 0 amide bonds. The molecule has 3 heteroatoms. The molecule has 1 N–H and O–H groups in total. The Morgan fingerprint density at radius 1 is 1.13 bits per heavy atom. The van der Waals surface area contributed by atoms with E-state index in [9.17, 15) is 4.79 Å². The Morgan fingerprint density at radius 2 is 1.60 bits per heavy atom. The Bertz CT molecular complexity index is 286. The Balaban J connectivity index is 1.84. The lowest BCUT2D eigenvalue weighted by molar-refractivity contribution is -0.129. The van der Waals surface area contributed by atoms with Gasteiger partial charge in [-0.1, -0.05) is 0 Å². The predicted octanol–water partition coefficient (Wildman–Crippen LogP) is 2.11. The van der Waals surface area contributed by atoms with E-state index in [1.165, 1.54) is 19.3 Å². The van der Waals surface area contributed by atoms with Gasteiger partial charge in [0.15, 0.2) is 0 Å². The first-order valence-corrected chi connectivity index (χ1v) is 5.93. The van der Waals surface area contributed by atoms with Crippen molar-refractivity contribution >= 4 is 12.2 Å². The number of aliphatic imine (C=N–C) groups is 1. The van der Waals surface area contributed by atoms with E-state index in [1.54, 1.807) is 0 Å². The molecule has 4 bridgehead atoms. The Kier molecular flexibility index (Phi) is 1.91. The van der Waals surface area contributed by atoms with Crippen molar-refractivity contribution in [1.82, 2.24) is 0 Å². The van der Waals surface area contributed by atoms with Crippen LogP contribution in [0.5, 0.6) is 0 Å². The molecule has 0 aromatic rings. The smallest absolute Gasteiger partial charge is 0.346 e. The van der Waals surface area contributed by atoms with Crippen molar-refractivity contribution in [2.24, 2.45) is 22.7 Å². The van der Waals surface area contributed by atoms with Gasteiger partial charge in [0.25, 0.3) is 0 Å². The molecule has 0 aliphatic heterocycles. The number of nitrogens with zero attached hydrogens (tertiary/aromatic N) is 1. The lowest BCUT2D eigenvalue weighted by Crippen LogP contribution is -2.49. The number of aliphatic carboxylic acids is 1. The Labute approximate surface area is 89.6 Å². The summed E-state index contributed by atoms with van der Waals surface area (Å²) in [6, 6.07) is 0. The van der Waals surface area contributed by atoms with Crippen LogP contribution >= 0.6 is 0 Å². The van der Waals surface area contributed by atoms with Gasteiger partial charge in [-0.3, -0.25) is 4.99 Å². The third-order valence-electron chi connectivity index (χ3n) is 4.45. The van der Waals surface area contributed by atoms with Crippen LogP contribution in [-0.4, -0.2) is 22.8 Å². The van der Waals surface area contributed by atoms with Crippen molar-refractivity contribution in [3.05, 3.63) is 0 Å². The fraction of sp³-hybridized carbons (Fsp3) is 0.833. The number of carboxylic acid groups (broad SMARTS) is 1. The van der Waals surface area contributed by atoms with Crippen molar-refractivity contribution in [3.8, 4) is 0 Å². The molecule has 82 valence electrons. The lowest BCUT2D eigenvalue weighted by Gasteiger charge is -2.54. The van der Waals surface area contributed by atoms with E-state index in [4.69, 9.17) is 5.11 Å². The molecule has 4 aliphatic rings. The van der Waals surface area contributed by atoms with Crippen molar-refractivity contribution in [3.63, 3.8) is 0 Å². The van der Waals surface area contributed by atoms with E-state index in [0.717, 1.165) is 43.2 Å². The summed E-state index contributed by atoms with van der Waals surface area (Å²) in [5, 5.41) is 8.67. The summed E-state index contributed by atoms with van der Waals surface area (Å²) < 4.78 is 0. The minimum Gasteiger partial charge on any atom is -0.477 e. The molecule has 0 radical (unpaired) electrons. The molecule has 0 heterocycles. The summed E-state index contributed by atoms with van der Waals surface area (Å²) in [5.41, 5.74) is 0.0210. The molecular formula is C12H17NO2. The van der Waals surface area contributed by atoms with Crippen LogP contribution in [-0.2, 0) is 4.79 Å². The second-order valence-corrected chi connectivity index (χ2v) is 5.74. The maximum Gasteiger partial charge on any atom is 0.346 e. The van der Waals surface area contributed by atoms with Crippen molar-refractivity contribution in [2.75, 3.05) is 0 Å². The second kappa shape index (κ2) is 3.06. The zero-order chi connectivity index (χ0) is 10.5. The summed E-state index contributed by atoms with van der Waals surface area (Å²) in [7, 11) is 0. The summed E-state index contributed by atoms with van der Waals surface area (Å²) in [5.74, 6) is 1.61. The largest absolute Gasteiger partial charge is 0.477 e. The van der Waals surface area contributed by atoms with Crippen LogP contribution in [0.25, 0.3) is 0 Å². The first-order valence-electron chi connectivity index (χ1n) is 5.93.